The van der Waals surface area contributed by atoms with Crippen LogP contribution in [0.2, 0.25) is 0 Å². The van der Waals surface area contributed by atoms with Crippen LogP contribution in [0.15, 0.2) is 0 Å². The highest BCUT2D eigenvalue weighted by Crippen LogP contribution is 2.42. The predicted molar refractivity (Wildman–Crippen MR) is 89.9 cm³/mol. The van der Waals surface area contributed by atoms with Crippen LogP contribution in [0.4, 0.5) is 0 Å². The molecule has 1 fully saturated rings. The summed E-state index contributed by atoms with van der Waals surface area (Å²) in [6.07, 6.45) is 8.11. The van der Waals surface area contributed by atoms with E-state index in [2.05, 4.69) is 34.6 Å². The minimum Gasteiger partial charge on any atom is -0.118 e. The molecule has 0 heterocycles. The van der Waals surface area contributed by atoms with E-state index in [0.717, 1.165) is 0 Å². The molecule has 1 aliphatic carbocycles. The van der Waals surface area contributed by atoms with E-state index in [4.69, 9.17) is 11.6 Å². The number of benzene rings is 1. The van der Waals surface area contributed by atoms with Gasteiger partial charge >= 0.3 is 0 Å². The van der Waals surface area contributed by atoms with Crippen LogP contribution >= 0.6 is 11.6 Å². The number of halogens is 1. The Morgan fingerprint density at radius 3 is 1.55 bits per heavy atom. The molecule has 1 unspecified atom stereocenters. The third kappa shape index (κ3) is 2.91. The van der Waals surface area contributed by atoms with Crippen LogP contribution in [0, 0.1) is 40.5 Å². The molecule has 0 spiro atoms. The zero-order valence-corrected chi connectivity index (χ0v) is 14.5. The summed E-state index contributed by atoms with van der Waals surface area (Å²) in [5.74, 6) is 0.665. The first kappa shape index (κ1) is 15.9. The quantitative estimate of drug-likeness (QED) is 0.432. The molecule has 0 amide bonds. The van der Waals surface area contributed by atoms with Crippen molar-refractivity contribution in [3.8, 4) is 0 Å². The van der Waals surface area contributed by atoms with Crippen LogP contribution in [-0.2, 0) is 0 Å². The third-order valence-corrected chi connectivity index (χ3v) is 6.22. The second-order valence-corrected chi connectivity index (χ2v) is 7.16. The van der Waals surface area contributed by atoms with Gasteiger partial charge in [0.25, 0.3) is 0 Å². The highest BCUT2D eigenvalue weighted by atomic mass is 35.5. The normalized spacial score (nSPS) is 18.9. The van der Waals surface area contributed by atoms with Gasteiger partial charge in [-0.1, -0.05) is 25.7 Å². The highest BCUT2D eigenvalue weighted by molar-refractivity contribution is 6.21. The fourth-order valence-corrected chi connectivity index (χ4v) is 4.36. The maximum absolute atomic E-state index is 6.96. The maximum atomic E-state index is 6.96. The lowest BCUT2D eigenvalue weighted by Gasteiger charge is -2.27. The summed E-state index contributed by atoms with van der Waals surface area (Å²) in [5.41, 5.74) is 8.59. The molecule has 1 aromatic carbocycles. The first-order chi connectivity index (χ1) is 9.45. The number of hydrogen-bond acceptors (Lipinski definition) is 0. The predicted octanol–water partition coefficient (Wildman–Crippen LogP) is 6.48. The van der Waals surface area contributed by atoms with Crippen LogP contribution in [0.5, 0.6) is 0 Å². The fourth-order valence-electron chi connectivity index (χ4n) is 3.78. The Bertz CT molecular complexity index is 450. The molecule has 1 atom stereocenters. The van der Waals surface area contributed by atoms with Gasteiger partial charge in [-0.3, -0.25) is 0 Å². The van der Waals surface area contributed by atoms with E-state index in [-0.39, 0.29) is 5.38 Å². The van der Waals surface area contributed by atoms with Crippen molar-refractivity contribution < 1.29 is 0 Å². The van der Waals surface area contributed by atoms with Crippen LogP contribution < -0.4 is 0 Å². The standard InChI is InChI=1S/C19H29Cl/c1-12-13(2)15(4)18(16(5)14(12)3)19(20)17-10-8-6-7-9-11-17/h17,19H,6-11H2,1-5H3. The molecule has 0 aliphatic heterocycles. The lowest BCUT2D eigenvalue weighted by Crippen LogP contribution is -2.12. The van der Waals surface area contributed by atoms with Crippen molar-refractivity contribution in [3.63, 3.8) is 0 Å². The summed E-state index contributed by atoms with van der Waals surface area (Å²) in [7, 11) is 0. The average Bonchev–Trinajstić information content (AvgIpc) is 2.72. The van der Waals surface area contributed by atoms with Crippen LogP contribution in [0.25, 0.3) is 0 Å². The Labute approximate surface area is 129 Å². The fraction of sp³-hybridized carbons (Fsp3) is 0.684. The highest BCUT2D eigenvalue weighted by Gasteiger charge is 2.26. The Morgan fingerprint density at radius 2 is 1.10 bits per heavy atom. The van der Waals surface area contributed by atoms with E-state index in [1.807, 2.05) is 0 Å². The van der Waals surface area contributed by atoms with Crippen LogP contribution in [0.1, 0.15) is 77.3 Å². The van der Waals surface area contributed by atoms with E-state index < -0.39 is 0 Å². The molecular formula is C19H29Cl. The monoisotopic (exact) mass is 292 g/mol. The molecule has 20 heavy (non-hydrogen) atoms. The first-order valence-corrected chi connectivity index (χ1v) is 8.59. The molecular weight excluding hydrogens is 264 g/mol. The number of hydrogen-bond donors (Lipinski definition) is 0. The van der Waals surface area contributed by atoms with Gasteiger partial charge in [-0.25, -0.2) is 0 Å². The SMILES string of the molecule is Cc1c(C)c(C)c(C(Cl)C2CCCCCC2)c(C)c1C. The molecule has 0 radical (unpaired) electrons. The summed E-state index contributed by atoms with van der Waals surface area (Å²) in [4.78, 5) is 0. The molecule has 1 saturated carbocycles. The summed E-state index contributed by atoms with van der Waals surface area (Å²) < 4.78 is 0. The topological polar surface area (TPSA) is 0 Å². The van der Waals surface area contributed by atoms with Gasteiger partial charge < -0.3 is 0 Å². The number of rotatable bonds is 2. The van der Waals surface area contributed by atoms with Gasteiger partial charge in [0.2, 0.25) is 0 Å². The maximum Gasteiger partial charge on any atom is 0.0618 e. The van der Waals surface area contributed by atoms with E-state index >= 15 is 0 Å². The van der Waals surface area contributed by atoms with Gasteiger partial charge in [0, 0.05) is 0 Å². The Balaban J connectivity index is 2.41. The van der Waals surface area contributed by atoms with Gasteiger partial charge in [0.1, 0.15) is 0 Å². The van der Waals surface area contributed by atoms with E-state index in [1.165, 1.54) is 71.9 Å². The largest absolute Gasteiger partial charge is 0.118 e. The molecule has 112 valence electrons. The van der Waals surface area contributed by atoms with Crippen molar-refractivity contribution in [3.05, 3.63) is 33.4 Å². The van der Waals surface area contributed by atoms with Crippen molar-refractivity contribution in [1.82, 2.24) is 0 Å². The average molecular weight is 293 g/mol. The lowest BCUT2D eigenvalue weighted by atomic mass is 9.83. The molecule has 1 aliphatic rings. The van der Waals surface area contributed by atoms with Gasteiger partial charge in [-0.2, -0.15) is 0 Å². The zero-order valence-electron chi connectivity index (χ0n) is 13.8. The minimum absolute atomic E-state index is 0.200. The Hall–Kier alpha value is -0.490. The first-order valence-electron chi connectivity index (χ1n) is 8.16. The van der Waals surface area contributed by atoms with E-state index in [1.54, 1.807) is 0 Å². The van der Waals surface area contributed by atoms with Gasteiger partial charge in [0.15, 0.2) is 0 Å². The van der Waals surface area contributed by atoms with Gasteiger partial charge in [-0.05, 0) is 86.8 Å². The summed E-state index contributed by atoms with van der Waals surface area (Å²) in [5, 5.41) is 0.200. The van der Waals surface area contributed by atoms with Crippen LogP contribution in [0.3, 0.4) is 0 Å². The van der Waals surface area contributed by atoms with Crippen molar-refractivity contribution in [1.29, 1.82) is 0 Å². The van der Waals surface area contributed by atoms with Crippen molar-refractivity contribution in [2.45, 2.75) is 78.5 Å². The molecule has 0 nitrogen and oxygen atoms in total. The molecule has 0 N–H and O–H groups in total. The van der Waals surface area contributed by atoms with Gasteiger partial charge in [-0.15, -0.1) is 11.6 Å². The zero-order chi connectivity index (χ0) is 14.9. The molecule has 0 saturated heterocycles. The van der Waals surface area contributed by atoms with Gasteiger partial charge in [0.05, 0.1) is 5.38 Å². The van der Waals surface area contributed by atoms with Crippen molar-refractivity contribution >= 4 is 11.6 Å². The van der Waals surface area contributed by atoms with Crippen molar-refractivity contribution in [2.75, 3.05) is 0 Å². The lowest BCUT2D eigenvalue weighted by molar-refractivity contribution is 0.443. The minimum atomic E-state index is 0.200. The molecule has 2 rings (SSSR count). The molecule has 1 heteroatoms. The second-order valence-electron chi connectivity index (χ2n) is 6.69. The summed E-state index contributed by atoms with van der Waals surface area (Å²) in [6, 6.07) is 0. The van der Waals surface area contributed by atoms with Crippen LogP contribution in [-0.4, -0.2) is 0 Å². The number of alkyl halides is 1. The van der Waals surface area contributed by atoms with E-state index in [0.29, 0.717) is 5.92 Å². The second kappa shape index (κ2) is 6.52. The smallest absolute Gasteiger partial charge is 0.0618 e. The summed E-state index contributed by atoms with van der Waals surface area (Å²) >= 11 is 6.96. The molecule has 1 aromatic rings. The molecule has 0 aromatic heterocycles. The molecule has 0 bridgehead atoms. The van der Waals surface area contributed by atoms with E-state index in [9.17, 15) is 0 Å². The summed E-state index contributed by atoms with van der Waals surface area (Å²) in [6.45, 7) is 11.3. The Morgan fingerprint density at radius 1 is 0.700 bits per heavy atom. The third-order valence-electron chi connectivity index (χ3n) is 5.65. The Kier molecular flexibility index (Phi) is 5.18. The van der Waals surface area contributed by atoms with Crippen molar-refractivity contribution in [2.24, 2.45) is 5.92 Å².